The van der Waals surface area contributed by atoms with Gasteiger partial charge in [-0.05, 0) is 66.7 Å². The highest BCUT2D eigenvalue weighted by atomic mass is 35.5. The predicted octanol–water partition coefficient (Wildman–Crippen LogP) is 4.08. The third-order valence-electron chi connectivity index (χ3n) is 4.67. The number of nitrogens with one attached hydrogen (secondary N) is 1. The fraction of sp³-hybridized carbons (Fsp3) is 0.0435. The maximum Gasteiger partial charge on any atom is 0.338 e. The molecule has 7 nitrogen and oxygen atoms in total. The van der Waals surface area contributed by atoms with Crippen LogP contribution in [0.1, 0.15) is 31.1 Å². The van der Waals surface area contributed by atoms with Crippen LogP contribution in [0.25, 0.3) is 0 Å². The number of fused-ring (bicyclic) bond motifs is 1. The van der Waals surface area contributed by atoms with Crippen molar-refractivity contribution in [2.45, 2.75) is 0 Å². The number of amides is 3. The summed E-state index contributed by atoms with van der Waals surface area (Å²) in [6.07, 6.45) is 0. The number of anilines is 2. The average molecular weight is 453 g/mol. The first-order chi connectivity index (χ1) is 15.3. The Bertz CT molecular complexity index is 1240. The highest BCUT2D eigenvalue weighted by Crippen LogP contribution is 2.29. The van der Waals surface area contributed by atoms with Gasteiger partial charge in [0.1, 0.15) is 5.82 Å². The van der Waals surface area contributed by atoms with E-state index in [2.05, 4.69) is 5.32 Å². The zero-order valence-electron chi connectivity index (χ0n) is 16.3. The molecule has 0 bridgehead atoms. The van der Waals surface area contributed by atoms with Crippen molar-refractivity contribution in [1.29, 1.82) is 0 Å². The number of carbonyl (C=O) groups excluding carboxylic acids is 4. The molecular weight excluding hydrogens is 439 g/mol. The van der Waals surface area contributed by atoms with Crippen LogP contribution in [0.4, 0.5) is 15.8 Å². The second kappa shape index (κ2) is 8.60. The van der Waals surface area contributed by atoms with E-state index >= 15 is 0 Å². The van der Waals surface area contributed by atoms with E-state index in [1.54, 1.807) is 24.3 Å². The molecule has 0 atom stereocenters. The van der Waals surface area contributed by atoms with Crippen LogP contribution in [-0.2, 0) is 9.53 Å². The molecule has 1 heterocycles. The quantitative estimate of drug-likeness (QED) is 0.465. The first-order valence-electron chi connectivity index (χ1n) is 9.34. The standard InChI is InChI=1S/C23H14ClFN2O5/c24-14-2-6-16(7-3-14)26-20(28)12-32-23(31)13-1-10-18-19(11-13)22(30)27(21(18)29)17-8-4-15(25)5-9-17/h1-11H,12H2,(H,26,28). The smallest absolute Gasteiger partial charge is 0.338 e. The number of rotatable bonds is 5. The minimum atomic E-state index is -0.834. The van der Waals surface area contributed by atoms with Crippen LogP contribution in [-0.4, -0.2) is 30.3 Å². The van der Waals surface area contributed by atoms with Gasteiger partial charge >= 0.3 is 5.97 Å². The molecule has 0 fully saturated rings. The number of halogens is 2. The summed E-state index contributed by atoms with van der Waals surface area (Å²) >= 11 is 5.78. The summed E-state index contributed by atoms with van der Waals surface area (Å²) in [6.45, 7) is -0.548. The number of esters is 1. The molecule has 1 N–H and O–H groups in total. The van der Waals surface area contributed by atoms with Crippen LogP contribution in [0, 0.1) is 5.82 Å². The van der Waals surface area contributed by atoms with Gasteiger partial charge in [0.15, 0.2) is 6.61 Å². The number of hydrogen-bond donors (Lipinski definition) is 1. The van der Waals surface area contributed by atoms with Gasteiger partial charge in [-0.2, -0.15) is 0 Å². The average Bonchev–Trinajstić information content (AvgIpc) is 3.04. The Hall–Kier alpha value is -4.04. The van der Waals surface area contributed by atoms with E-state index in [-0.39, 0.29) is 22.4 Å². The number of imide groups is 1. The molecule has 0 radical (unpaired) electrons. The summed E-state index contributed by atoms with van der Waals surface area (Å²) in [7, 11) is 0. The molecule has 0 saturated carbocycles. The Kier molecular flexibility index (Phi) is 5.70. The molecular formula is C23H14ClFN2O5. The Morgan fingerprint density at radius 1 is 0.906 bits per heavy atom. The van der Waals surface area contributed by atoms with Crippen molar-refractivity contribution in [3.8, 4) is 0 Å². The van der Waals surface area contributed by atoms with Gasteiger partial charge < -0.3 is 10.1 Å². The molecule has 32 heavy (non-hydrogen) atoms. The van der Waals surface area contributed by atoms with Crippen molar-refractivity contribution in [3.05, 3.63) is 94.3 Å². The zero-order valence-corrected chi connectivity index (χ0v) is 17.1. The summed E-state index contributed by atoms with van der Waals surface area (Å²) in [5.41, 5.74) is 0.819. The monoisotopic (exact) mass is 452 g/mol. The van der Waals surface area contributed by atoms with E-state index in [9.17, 15) is 23.6 Å². The highest BCUT2D eigenvalue weighted by Gasteiger charge is 2.37. The number of ether oxygens (including phenoxy) is 1. The number of carbonyl (C=O) groups is 4. The summed E-state index contributed by atoms with van der Waals surface area (Å²) < 4.78 is 18.2. The van der Waals surface area contributed by atoms with Crippen LogP contribution in [0.3, 0.4) is 0 Å². The van der Waals surface area contributed by atoms with Crippen molar-refractivity contribution >= 4 is 46.7 Å². The molecule has 1 aliphatic rings. The second-order valence-corrected chi connectivity index (χ2v) is 7.25. The lowest BCUT2D eigenvalue weighted by Gasteiger charge is -2.13. The molecule has 0 saturated heterocycles. The Balaban J connectivity index is 1.44. The van der Waals surface area contributed by atoms with Crippen molar-refractivity contribution in [2.75, 3.05) is 16.8 Å². The van der Waals surface area contributed by atoms with Crippen molar-refractivity contribution in [1.82, 2.24) is 0 Å². The maximum absolute atomic E-state index is 13.2. The second-order valence-electron chi connectivity index (χ2n) is 6.81. The molecule has 4 rings (SSSR count). The zero-order chi connectivity index (χ0) is 22.8. The van der Waals surface area contributed by atoms with Gasteiger partial charge in [-0.15, -0.1) is 0 Å². The molecule has 1 aliphatic heterocycles. The van der Waals surface area contributed by atoms with Crippen LogP contribution in [0.2, 0.25) is 5.02 Å². The van der Waals surface area contributed by atoms with Crippen molar-refractivity contribution in [3.63, 3.8) is 0 Å². The van der Waals surface area contributed by atoms with Gasteiger partial charge in [-0.25, -0.2) is 14.1 Å². The van der Waals surface area contributed by atoms with Gasteiger partial charge in [0, 0.05) is 10.7 Å². The molecule has 9 heteroatoms. The largest absolute Gasteiger partial charge is 0.452 e. The van der Waals surface area contributed by atoms with E-state index in [0.717, 1.165) is 17.0 Å². The van der Waals surface area contributed by atoms with Gasteiger partial charge in [0.2, 0.25) is 0 Å². The number of benzene rings is 3. The normalized spacial score (nSPS) is 12.5. The van der Waals surface area contributed by atoms with Crippen LogP contribution in [0.15, 0.2) is 66.7 Å². The topological polar surface area (TPSA) is 92.8 Å². The molecule has 0 aliphatic carbocycles. The minimum absolute atomic E-state index is 0.00477. The molecule has 3 amide bonds. The minimum Gasteiger partial charge on any atom is -0.452 e. The lowest BCUT2D eigenvalue weighted by atomic mass is 10.1. The fourth-order valence-electron chi connectivity index (χ4n) is 3.14. The summed E-state index contributed by atoms with van der Waals surface area (Å²) in [5.74, 6) is -3.13. The summed E-state index contributed by atoms with van der Waals surface area (Å²) in [6, 6.07) is 15.2. The summed E-state index contributed by atoms with van der Waals surface area (Å²) in [5, 5.41) is 3.06. The van der Waals surface area contributed by atoms with E-state index < -0.39 is 36.1 Å². The van der Waals surface area contributed by atoms with Gasteiger partial charge in [0.05, 0.1) is 22.4 Å². The maximum atomic E-state index is 13.2. The Morgan fingerprint density at radius 3 is 2.25 bits per heavy atom. The van der Waals surface area contributed by atoms with Gasteiger partial charge in [0.25, 0.3) is 17.7 Å². The molecule has 0 unspecified atom stereocenters. The number of hydrogen-bond acceptors (Lipinski definition) is 5. The first-order valence-corrected chi connectivity index (χ1v) is 9.72. The Morgan fingerprint density at radius 2 is 1.56 bits per heavy atom. The third kappa shape index (κ3) is 4.21. The third-order valence-corrected chi connectivity index (χ3v) is 4.92. The highest BCUT2D eigenvalue weighted by molar-refractivity contribution is 6.34. The molecule has 0 spiro atoms. The van der Waals surface area contributed by atoms with E-state index in [1.807, 2.05) is 0 Å². The van der Waals surface area contributed by atoms with Gasteiger partial charge in [-0.1, -0.05) is 11.6 Å². The van der Waals surface area contributed by atoms with Crippen molar-refractivity contribution < 1.29 is 28.3 Å². The lowest BCUT2D eigenvalue weighted by molar-refractivity contribution is -0.119. The Labute approximate surface area is 186 Å². The predicted molar refractivity (Wildman–Crippen MR) is 114 cm³/mol. The lowest BCUT2D eigenvalue weighted by Crippen LogP contribution is -2.29. The molecule has 160 valence electrons. The van der Waals surface area contributed by atoms with Crippen molar-refractivity contribution in [2.24, 2.45) is 0 Å². The molecule has 3 aromatic rings. The van der Waals surface area contributed by atoms with E-state index in [1.165, 1.54) is 30.3 Å². The SMILES string of the molecule is O=C(COC(=O)c1ccc2c(c1)C(=O)N(c1ccc(F)cc1)C2=O)Nc1ccc(Cl)cc1. The molecule has 3 aromatic carbocycles. The van der Waals surface area contributed by atoms with E-state index in [4.69, 9.17) is 16.3 Å². The number of nitrogens with zero attached hydrogens (tertiary/aromatic N) is 1. The van der Waals surface area contributed by atoms with Crippen LogP contribution in [0.5, 0.6) is 0 Å². The molecule has 0 aromatic heterocycles. The van der Waals surface area contributed by atoms with Crippen LogP contribution < -0.4 is 10.2 Å². The first kappa shape index (κ1) is 21.2. The van der Waals surface area contributed by atoms with Gasteiger partial charge in [-0.3, -0.25) is 14.4 Å². The fourth-order valence-corrected chi connectivity index (χ4v) is 3.26. The summed E-state index contributed by atoms with van der Waals surface area (Å²) in [4.78, 5) is 50.6. The van der Waals surface area contributed by atoms with Crippen LogP contribution >= 0.6 is 11.6 Å². The van der Waals surface area contributed by atoms with E-state index in [0.29, 0.717) is 10.7 Å².